The van der Waals surface area contributed by atoms with Crippen LogP contribution in [0.2, 0.25) is 0 Å². The number of sulfone groups is 1. The molecule has 6 heteroatoms. The summed E-state index contributed by atoms with van der Waals surface area (Å²) in [6.45, 7) is 1.78. The number of hydrogen-bond acceptors (Lipinski definition) is 4. The topological polar surface area (TPSA) is 76.1 Å². The van der Waals surface area contributed by atoms with E-state index in [1.807, 2.05) is 0 Å². The highest BCUT2D eigenvalue weighted by Gasteiger charge is 2.12. The number of aryl methyl sites for hydroxylation is 1. The van der Waals surface area contributed by atoms with Gasteiger partial charge in [-0.2, -0.15) is 0 Å². The number of benzene rings is 1. The minimum Gasteiger partial charge on any atom is -0.320 e. The lowest BCUT2D eigenvalue weighted by atomic mass is 10.2. The molecule has 0 aliphatic heterocycles. The van der Waals surface area contributed by atoms with Crippen LogP contribution in [0.4, 0.5) is 5.69 Å². The molecule has 1 aromatic heterocycles. The molecule has 0 fully saturated rings. The van der Waals surface area contributed by atoms with Crippen LogP contribution in [-0.2, 0) is 9.84 Å². The Morgan fingerprint density at radius 3 is 2.60 bits per heavy atom. The Morgan fingerprint density at radius 2 is 1.95 bits per heavy atom. The van der Waals surface area contributed by atoms with Gasteiger partial charge in [-0.25, -0.2) is 8.42 Å². The molecule has 1 amide bonds. The van der Waals surface area contributed by atoms with Crippen molar-refractivity contribution in [3.8, 4) is 0 Å². The second kappa shape index (κ2) is 5.42. The van der Waals surface area contributed by atoms with Gasteiger partial charge in [-0.3, -0.25) is 9.78 Å². The summed E-state index contributed by atoms with van der Waals surface area (Å²) in [6.07, 6.45) is 2.74. The van der Waals surface area contributed by atoms with Crippen molar-refractivity contribution in [3.05, 3.63) is 53.9 Å². The molecule has 5 nitrogen and oxygen atoms in total. The van der Waals surface area contributed by atoms with Gasteiger partial charge in [0.2, 0.25) is 0 Å². The van der Waals surface area contributed by atoms with Crippen molar-refractivity contribution in [2.75, 3.05) is 11.6 Å². The fourth-order valence-corrected chi connectivity index (χ4v) is 2.35. The van der Waals surface area contributed by atoms with E-state index in [0.29, 0.717) is 11.4 Å². The first kappa shape index (κ1) is 14.2. The summed E-state index contributed by atoms with van der Waals surface area (Å²) in [5.74, 6) is -0.369. The molecule has 2 rings (SSSR count). The molecule has 0 aliphatic carbocycles. The number of pyridine rings is 1. The molecular formula is C14H14N2O3S. The number of nitrogens with one attached hydrogen (secondary N) is 1. The predicted octanol–water partition coefficient (Wildman–Crippen LogP) is 2.05. The first-order valence-corrected chi connectivity index (χ1v) is 7.80. The number of rotatable bonds is 3. The maximum Gasteiger partial charge on any atom is 0.255 e. The van der Waals surface area contributed by atoms with E-state index in [1.54, 1.807) is 37.4 Å². The lowest BCUT2D eigenvalue weighted by molar-refractivity contribution is 0.102. The van der Waals surface area contributed by atoms with Crippen LogP contribution in [-0.4, -0.2) is 25.6 Å². The maximum absolute atomic E-state index is 12.1. The normalized spacial score (nSPS) is 11.1. The Hall–Kier alpha value is -2.21. The predicted molar refractivity (Wildman–Crippen MR) is 76.5 cm³/mol. The van der Waals surface area contributed by atoms with E-state index in [2.05, 4.69) is 10.3 Å². The van der Waals surface area contributed by atoms with E-state index in [1.165, 1.54) is 12.1 Å². The molecular weight excluding hydrogens is 276 g/mol. The molecule has 20 heavy (non-hydrogen) atoms. The van der Waals surface area contributed by atoms with E-state index in [0.717, 1.165) is 6.26 Å². The van der Waals surface area contributed by atoms with E-state index >= 15 is 0 Å². The summed E-state index contributed by atoms with van der Waals surface area (Å²) in [6, 6.07) is 9.38. The molecule has 2 aromatic rings. The Bertz CT molecular complexity index is 755. The highest BCUT2D eigenvalue weighted by atomic mass is 32.2. The molecule has 1 aromatic carbocycles. The van der Waals surface area contributed by atoms with Gasteiger partial charge < -0.3 is 5.32 Å². The summed E-state index contributed by atoms with van der Waals surface area (Å²) in [5, 5.41) is 2.71. The first-order chi connectivity index (χ1) is 9.38. The lowest BCUT2D eigenvalue weighted by Crippen LogP contribution is -2.13. The van der Waals surface area contributed by atoms with Crippen molar-refractivity contribution >= 4 is 21.4 Å². The van der Waals surface area contributed by atoms with Crippen LogP contribution in [0.5, 0.6) is 0 Å². The molecule has 0 saturated carbocycles. The van der Waals surface area contributed by atoms with Gasteiger partial charge in [-0.15, -0.1) is 0 Å². The molecule has 0 spiro atoms. The van der Waals surface area contributed by atoms with Crippen LogP contribution < -0.4 is 5.32 Å². The van der Waals surface area contributed by atoms with Crippen LogP contribution >= 0.6 is 0 Å². The number of amides is 1. The van der Waals surface area contributed by atoms with Gasteiger partial charge in [0.25, 0.3) is 5.91 Å². The van der Waals surface area contributed by atoms with Gasteiger partial charge in [-0.1, -0.05) is 6.07 Å². The SMILES string of the molecule is Cc1ncccc1NC(=O)c1cccc(S(C)(=O)=O)c1. The van der Waals surface area contributed by atoms with Gasteiger partial charge in [-0.05, 0) is 37.3 Å². The van der Waals surface area contributed by atoms with Gasteiger partial charge in [0.1, 0.15) is 0 Å². The summed E-state index contributed by atoms with van der Waals surface area (Å²) in [7, 11) is -3.33. The third kappa shape index (κ3) is 3.21. The third-order valence-electron chi connectivity index (χ3n) is 2.78. The van der Waals surface area contributed by atoms with Crippen molar-refractivity contribution in [1.29, 1.82) is 0 Å². The molecule has 104 valence electrons. The van der Waals surface area contributed by atoms with Crippen LogP contribution in [0.3, 0.4) is 0 Å². The van der Waals surface area contributed by atoms with Gasteiger partial charge in [0.15, 0.2) is 9.84 Å². The largest absolute Gasteiger partial charge is 0.320 e. The fraction of sp³-hybridized carbons (Fsp3) is 0.143. The molecule has 1 heterocycles. The van der Waals surface area contributed by atoms with Crippen molar-refractivity contribution in [3.63, 3.8) is 0 Å². The number of aromatic nitrogens is 1. The number of hydrogen-bond donors (Lipinski definition) is 1. The number of nitrogens with zero attached hydrogens (tertiary/aromatic N) is 1. The molecule has 0 bridgehead atoms. The average Bonchev–Trinajstić information content (AvgIpc) is 2.40. The molecule has 0 aliphatic rings. The summed E-state index contributed by atoms with van der Waals surface area (Å²) >= 11 is 0. The monoisotopic (exact) mass is 290 g/mol. The second-order valence-corrected chi connectivity index (χ2v) is 6.41. The molecule has 0 atom stereocenters. The van der Waals surface area contributed by atoms with Crippen LogP contribution in [0.1, 0.15) is 16.1 Å². The zero-order chi connectivity index (χ0) is 14.8. The van der Waals surface area contributed by atoms with Crippen molar-refractivity contribution in [1.82, 2.24) is 4.98 Å². The van der Waals surface area contributed by atoms with E-state index in [4.69, 9.17) is 0 Å². The Morgan fingerprint density at radius 1 is 1.20 bits per heavy atom. The highest BCUT2D eigenvalue weighted by molar-refractivity contribution is 7.90. The summed E-state index contributed by atoms with van der Waals surface area (Å²) in [4.78, 5) is 16.3. The standard InChI is InChI=1S/C14H14N2O3S/c1-10-13(7-4-8-15-10)16-14(17)11-5-3-6-12(9-11)20(2,18)19/h3-9H,1-2H3,(H,16,17). The summed E-state index contributed by atoms with van der Waals surface area (Å²) < 4.78 is 23.0. The molecule has 0 radical (unpaired) electrons. The van der Waals surface area contributed by atoms with Gasteiger partial charge in [0, 0.05) is 18.0 Å². The minimum absolute atomic E-state index is 0.119. The second-order valence-electron chi connectivity index (χ2n) is 4.39. The van der Waals surface area contributed by atoms with Crippen molar-refractivity contribution in [2.24, 2.45) is 0 Å². The van der Waals surface area contributed by atoms with Crippen LogP contribution in [0.25, 0.3) is 0 Å². The maximum atomic E-state index is 12.1. The van der Waals surface area contributed by atoms with Crippen LogP contribution in [0, 0.1) is 6.92 Å². The molecule has 0 unspecified atom stereocenters. The van der Waals surface area contributed by atoms with Crippen molar-refractivity contribution in [2.45, 2.75) is 11.8 Å². The number of carbonyl (C=O) groups excluding carboxylic acids is 1. The lowest BCUT2D eigenvalue weighted by Gasteiger charge is -2.08. The quantitative estimate of drug-likeness (QED) is 0.938. The fourth-order valence-electron chi connectivity index (χ4n) is 1.68. The highest BCUT2D eigenvalue weighted by Crippen LogP contribution is 2.15. The first-order valence-electron chi connectivity index (χ1n) is 5.91. The van der Waals surface area contributed by atoms with Gasteiger partial charge >= 0.3 is 0 Å². The zero-order valence-electron chi connectivity index (χ0n) is 11.1. The zero-order valence-corrected chi connectivity index (χ0v) is 11.9. The Labute approximate surface area is 117 Å². The third-order valence-corrected chi connectivity index (χ3v) is 3.89. The number of carbonyl (C=O) groups is 1. The van der Waals surface area contributed by atoms with Crippen LogP contribution in [0.15, 0.2) is 47.5 Å². The van der Waals surface area contributed by atoms with E-state index in [-0.39, 0.29) is 16.4 Å². The van der Waals surface area contributed by atoms with Gasteiger partial charge in [0.05, 0.1) is 16.3 Å². The van der Waals surface area contributed by atoms with E-state index in [9.17, 15) is 13.2 Å². The molecule has 1 N–H and O–H groups in total. The smallest absolute Gasteiger partial charge is 0.255 e. The molecule has 0 saturated heterocycles. The summed E-state index contributed by atoms with van der Waals surface area (Å²) in [5.41, 5.74) is 1.58. The van der Waals surface area contributed by atoms with E-state index < -0.39 is 9.84 Å². The Balaban J connectivity index is 2.29. The van der Waals surface area contributed by atoms with Crippen molar-refractivity contribution < 1.29 is 13.2 Å². The minimum atomic E-state index is -3.33. The average molecular weight is 290 g/mol. The Kier molecular flexibility index (Phi) is 3.85. The number of anilines is 1.